The summed E-state index contributed by atoms with van der Waals surface area (Å²) in [6, 6.07) is 13.8. The maximum Gasteiger partial charge on any atom is 0.0440 e. The molecule has 4 N–H and O–H groups in total. The van der Waals surface area contributed by atoms with Crippen LogP contribution in [0.2, 0.25) is 0 Å². The van der Waals surface area contributed by atoms with Gasteiger partial charge in [-0.1, -0.05) is 18.2 Å². The quantitative estimate of drug-likeness (QED) is 0.775. The molecule has 0 amide bonds. The van der Waals surface area contributed by atoms with E-state index in [2.05, 4.69) is 17.0 Å². The Balaban J connectivity index is 2.60. The van der Waals surface area contributed by atoms with Gasteiger partial charge in [-0.2, -0.15) is 0 Å². The van der Waals surface area contributed by atoms with E-state index in [0.29, 0.717) is 11.4 Å². The Kier molecular flexibility index (Phi) is 2.91. The topological polar surface area (TPSA) is 55.3 Å². The van der Waals surface area contributed by atoms with Crippen LogP contribution in [0.15, 0.2) is 42.5 Å². The molecule has 2 rings (SSSR count). The van der Waals surface area contributed by atoms with Crippen LogP contribution in [0.5, 0.6) is 0 Å². The molecule has 3 nitrogen and oxygen atoms in total. The number of rotatable bonds is 2. The second kappa shape index (κ2) is 4.37. The molecular weight excluding hydrogens is 210 g/mol. The highest BCUT2D eigenvalue weighted by Crippen LogP contribution is 2.32. The van der Waals surface area contributed by atoms with Crippen molar-refractivity contribution < 1.29 is 0 Å². The fourth-order valence-electron chi connectivity index (χ4n) is 1.94. The van der Waals surface area contributed by atoms with Gasteiger partial charge in [-0.25, -0.2) is 0 Å². The summed E-state index contributed by atoms with van der Waals surface area (Å²) in [6.07, 6.45) is 0. The van der Waals surface area contributed by atoms with Crippen molar-refractivity contribution in [3.63, 3.8) is 0 Å². The predicted molar refractivity (Wildman–Crippen MR) is 75.0 cm³/mol. The highest BCUT2D eigenvalue weighted by atomic mass is 15.1. The van der Waals surface area contributed by atoms with Crippen LogP contribution >= 0.6 is 0 Å². The normalized spacial score (nSPS) is 10.2. The van der Waals surface area contributed by atoms with Crippen molar-refractivity contribution in [2.24, 2.45) is 0 Å². The fourth-order valence-corrected chi connectivity index (χ4v) is 1.94. The average Bonchev–Trinajstić information content (AvgIpc) is 2.27. The lowest BCUT2D eigenvalue weighted by atomic mass is 10.0. The molecule has 17 heavy (non-hydrogen) atoms. The van der Waals surface area contributed by atoms with Crippen LogP contribution in [-0.4, -0.2) is 14.1 Å². The van der Waals surface area contributed by atoms with E-state index in [-0.39, 0.29) is 0 Å². The van der Waals surface area contributed by atoms with E-state index in [1.54, 1.807) is 6.07 Å². The number of hydrogen-bond acceptors (Lipinski definition) is 3. The Morgan fingerprint density at radius 2 is 1.47 bits per heavy atom. The zero-order valence-corrected chi connectivity index (χ0v) is 10.1. The van der Waals surface area contributed by atoms with Crippen LogP contribution < -0.4 is 16.4 Å². The van der Waals surface area contributed by atoms with Gasteiger partial charge in [0.1, 0.15) is 0 Å². The molecule has 3 heteroatoms. The molecule has 0 aliphatic carbocycles. The first-order valence-electron chi connectivity index (χ1n) is 5.50. The van der Waals surface area contributed by atoms with Crippen LogP contribution in [0.4, 0.5) is 17.1 Å². The zero-order valence-electron chi connectivity index (χ0n) is 10.1. The molecule has 0 radical (unpaired) electrons. The summed E-state index contributed by atoms with van der Waals surface area (Å²) in [6.45, 7) is 0. The molecule has 0 atom stereocenters. The lowest BCUT2D eigenvalue weighted by Gasteiger charge is -2.18. The Labute approximate surface area is 102 Å². The van der Waals surface area contributed by atoms with Crippen LogP contribution in [-0.2, 0) is 0 Å². The molecule has 88 valence electrons. The molecule has 0 aliphatic heterocycles. The minimum Gasteiger partial charge on any atom is -0.399 e. The van der Waals surface area contributed by atoms with E-state index < -0.39 is 0 Å². The second-order valence-electron chi connectivity index (χ2n) is 4.30. The van der Waals surface area contributed by atoms with Gasteiger partial charge in [0.05, 0.1) is 0 Å². The van der Waals surface area contributed by atoms with E-state index in [1.165, 1.54) is 0 Å². The Morgan fingerprint density at radius 3 is 2.06 bits per heavy atom. The maximum atomic E-state index is 5.83. The van der Waals surface area contributed by atoms with E-state index in [9.17, 15) is 0 Å². The first-order chi connectivity index (χ1) is 8.08. The number of benzene rings is 2. The Hall–Kier alpha value is -2.16. The summed E-state index contributed by atoms with van der Waals surface area (Å²) in [5.41, 5.74) is 16.4. The van der Waals surface area contributed by atoms with Gasteiger partial charge < -0.3 is 16.4 Å². The second-order valence-corrected chi connectivity index (χ2v) is 4.30. The molecule has 2 aromatic rings. The van der Waals surface area contributed by atoms with Gasteiger partial charge in [-0.3, -0.25) is 0 Å². The highest BCUT2D eigenvalue weighted by Gasteiger charge is 2.07. The predicted octanol–water partition coefficient (Wildman–Crippen LogP) is 2.58. The molecule has 0 aliphatic rings. The van der Waals surface area contributed by atoms with Crippen molar-refractivity contribution in [2.45, 2.75) is 0 Å². The largest absolute Gasteiger partial charge is 0.399 e. The summed E-state index contributed by atoms with van der Waals surface area (Å²) in [4.78, 5) is 2.08. The highest BCUT2D eigenvalue weighted by molar-refractivity contribution is 5.81. The van der Waals surface area contributed by atoms with Gasteiger partial charge in [0.2, 0.25) is 0 Å². The number of para-hydroxylation sites is 1. The average molecular weight is 227 g/mol. The molecule has 0 aromatic heterocycles. The van der Waals surface area contributed by atoms with E-state index in [0.717, 1.165) is 16.8 Å². The van der Waals surface area contributed by atoms with Crippen molar-refractivity contribution in [1.29, 1.82) is 0 Å². The van der Waals surface area contributed by atoms with Crippen molar-refractivity contribution >= 4 is 17.1 Å². The molecule has 0 saturated carbocycles. The van der Waals surface area contributed by atoms with Gasteiger partial charge in [0.25, 0.3) is 0 Å². The van der Waals surface area contributed by atoms with Crippen LogP contribution in [0, 0.1) is 0 Å². The molecule has 0 heterocycles. The number of anilines is 3. The molecule has 0 fully saturated rings. The molecule has 0 spiro atoms. The van der Waals surface area contributed by atoms with E-state index in [4.69, 9.17) is 11.5 Å². The van der Waals surface area contributed by atoms with E-state index in [1.807, 2.05) is 38.4 Å². The third kappa shape index (κ3) is 2.33. The fraction of sp³-hybridized carbons (Fsp3) is 0.143. The Bertz CT molecular complexity index is 512. The summed E-state index contributed by atoms with van der Waals surface area (Å²) < 4.78 is 0. The number of hydrogen-bond donors (Lipinski definition) is 2. The van der Waals surface area contributed by atoms with Gasteiger partial charge in [-0.15, -0.1) is 0 Å². The first kappa shape index (κ1) is 11.3. The summed E-state index contributed by atoms with van der Waals surface area (Å²) in [7, 11) is 4.04. The number of nitrogens with two attached hydrogens (primary N) is 2. The van der Waals surface area contributed by atoms with Crippen molar-refractivity contribution in [2.75, 3.05) is 30.5 Å². The van der Waals surface area contributed by atoms with Crippen LogP contribution in [0.25, 0.3) is 11.1 Å². The lowest BCUT2D eigenvalue weighted by molar-refractivity contribution is 1.13. The van der Waals surface area contributed by atoms with Crippen molar-refractivity contribution in [1.82, 2.24) is 0 Å². The third-order valence-corrected chi connectivity index (χ3v) is 2.67. The van der Waals surface area contributed by atoms with Crippen molar-refractivity contribution in [3.05, 3.63) is 42.5 Å². The molecule has 0 saturated heterocycles. The SMILES string of the molecule is CN(C)c1ccccc1-c1cc(N)cc(N)c1. The molecule has 0 bridgehead atoms. The zero-order chi connectivity index (χ0) is 12.4. The summed E-state index contributed by atoms with van der Waals surface area (Å²) in [5.74, 6) is 0. The molecule has 0 unspecified atom stereocenters. The molecular formula is C14H17N3. The monoisotopic (exact) mass is 227 g/mol. The minimum absolute atomic E-state index is 0.688. The van der Waals surface area contributed by atoms with Gasteiger partial charge in [0, 0.05) is 36.7 Å². The number of nitrogens with zero attached hydrogens (tertiary/aromatic N) is 1. The third-order valence-electron chi connectivity index (χ3n) is 2.67. The van der Waals surface area contributed by atoms with Crippen molar-refractivity contribution in [3.8, 4) is 11.1 Å². The molecule has 2 aromatic carbocycles. The summed E-state index contributed by atoms with van der Waals surface area (Å²) >= 11 is 0. The lowest BCUT2D eigenvalue weighted by Crippen LogP contribution is -2.09. The number of nitrogen functional groups attached to an aromatic ring is 2. The van der Waals surface area contributed by atoms with Crippen LogP contribution in [0.3, 0.4) is 0 Å². The smallest absolute Gasteiger partial charge is 0.0440 e. The van der Waals surface area contributed by atoms with Gasteiger partial charge in [0.15, 0.2) is 0 Å². The maximum absolute atomic E-state index is 5.83. The Morgan fingerprint density at radius 1 is 0.882 bits per heavy atom. The van der Waals surface area contributed by atoms with Gasteiger partial charge in [-0.05, 0) is 29.8 Å². The van der Waals surface area contributed by atoms with Crippen LogP contribution in [0.1, 0.15) is 0 Å². The van der Waals surface area contributed by atoms with E-state index >= 15 is 0 Å². The minimum atomic E-state index is 0.688. The summed E-state index contributed by atoms with van der Waals surface area (Å²) in [5, 5.41) is 0. The standard InChI is InChI=1S/C14H17N3/c1-17(2)14-6-4-3-5-13(14)10-7-11(15)9-12(16)8-10/h3-9H,15-16H2,1-2H3. The first-order valence-corrected chi connectivity index (χ1v) is 5.50. The van der Waals surface area contributed by atoms with Gasteiger partial charge >= 0.3 is 0 Å².